The first-order valence-corrected chi connectivity index (χ1v) is 7.50. The van der Waals surface area contributed by atoms with Crippen molar-refractivity contribution in [2.24, 2.45) is 0 Å². The largest absolute Gasteiger partial charge is 0.351 e. The molecule has 3 aromatic rings. The summed E-state index contributed by atoms with van der Waals surface area (Å²) in [6.07, 6.45) is 2.98. The maximum atomic E-state index is 12.0. The predicted octanol–water partition coefficient (Wildman–Crippen LogP) is 3.16. The van der Waals surface area contributed by atoms with E-state index in [4.69, 9.17) is 0 Å². The molecule has 0 unspecified atom stereocenters. The van der Waals surface area contributed by atoms with Gasteiger partial charge >= 0.3 is 0 Å². The molecular weight excluding hydrogens is 274 g/mol. The van der Waals surface area contributed by atoms with Gasteiger partial charge in [0, 0.05) is 30.5 Å². The van der Waals surface area contributed by atoms with Crippen molar-refractivity contribution in [3.63, 3.8) is 0 Å². The molecule has 1 N–H and O–H groups in total. The van der Waals surface area contributed by atoms with Crippen molar-refractivity contribution >= 4 is 16.8 Å². The molecular formula is C18H19N3O. The van der Waals surface area contributed by atoms with Crippen molar-refractivity contribution < 1.29 is 4.79 Å². The van der Waals surface area contributed by atoms with Gasteiger partial charge in [-0.3, -0.25) is 4.79 Å². The van der Waals surface area contributed by atoms with Crippen LogP contribution in [0.2, 0.25) is 0 Å². The quantitative estimate of drug-likeness (QED) is 0.734. The van der Waals surface area contributed by atoms with Gasteiger partial charge in [-0.05, 0) is 43.0 Å². The minimum Gasteiger partial charge on any atom is -0.351 e. The normalized spacial score (nSPS) is 10.8. The summed E-state index contributed by atoms with van der Waals surface area (Å²) in [7, 11) is 0. The van der Waals surface area contributed by atoms with E-state index in [0.29, 0.717) is 12.2 Å². The first-order chi connectivity index (χ1) is 10.7. The number of amides is 1. The number of rotatable bonds is 5. The Kier molecular flexibility index (Phi) is 4.19. The van der Waals surface area contributed by atoms with Gasteiger partial charge in [0.15, 0.2) is 0 Å². The number of hydrogen-bond acceptors (Lipinski definition) is 2. The van der Waals surface area contributed by atoms with Crippen LogP contribution in [0.4, 0.5) is 0 Å². The lowest BCUT2D eigenvalue weighted by molar-refractivity contribution is 0.0947. The van der Waals surface area contributed by atoms with Crippen LogP contribution in [0.5, 0.6) is 0 Å². The van der Waals surface area contributed by atoms with E-state index in [-0.39, 0.29) is 5.91 Å². The van der Waals surface area contributed by atoms with Crippen molar-refractivity contribution in [1.29, 1.82) is 0 Å². The average molecular weight is 293 g/mol. The Hall–Kier alpha value is -2.62. The van der Waals surface area contributed by atoms with Crippen LogP contribution >= 0.6 is 0 Å². The summed E-state index contributed by atoms with van der Waals surface area (Å²) < 4.78 is 2.21. The summed E-state index contributed by atoms with van der Waals surface area (Å²) in [5, 5.41) is 4.17. The standard InChI is InChI=1S/C18H19N3O/c1-14-6-4-8-16(20-14)18(22)19-11-5-12-21-13-10-15-7-2-3-9-17(15)21/h2-4,6-10,13H,5,11-12H2,1H3,(H,19,22). The van der Waals surface area contributed by atoms with E-state index in [1.165, 1.54) is 10.9 Å². The second-order valence-electron chi connectivity index (χ2n) is 5.34. The Morgan fingerprint density at radius 1 is 1.14 bits per heavy atom. The highest BCUT2D eigenvalue weighted by molar-refractivity contribution is 5.92. The number of nitrogens with one attached hydrogen (secondary N) is 1. The maximum Gasteiger partial charge on any atom is 0.269 e. The lowest BCUT2D eigenvalue weighted by Crippen LogP contribution is -2.26. The van der Waals surface area contributed by atoms with Crippen molar-refractivity contribution in [2.45, 2.75) is 19.9 Å². The van der Waals surface area contributed by atoms with Gasteiger partial charge in [0.25, 0.3) is 5.91 Å². The Bertz CT molecular complexity index is 792. The summed E-state index contributed by atoms with van der Waals surface area (Å²) in [5.41, 5.74) is 2.56. The van der Waals surface area contributed by atoms with Crippen LogP contribution in [0, 0.1) is 6.92 Å². The number of carbonyl (C=O) groups is 1. The molecule has 1 amide bonds. The molecule has 112 valence electrons. The highest BCUT2D eigenvalue weighted by Gasteiger charge is 2.06. The van der Waals surface area contributed by atoms with Gasteiger partial charge in [-0.25, -0.2) is 4.98 Å². The van der Waals surface area contributed by atoms with Gasteiger partial charge in [0.05, 0.1) is 0 Å². The fourth-order valence-corrected chi connectivity index (χ4v) is 2.55. The third-order valence-corrected chi connectivity index (χ3v) is 3.66. The highest BCUT2D eigenvalue weighted by Crippen LogP contribution is 2.15. The van der Waals surface area contributed by atoms with E-state index >= 15 is 0 Å². The molecule has 0 saturated heterocycles. The predicted molar refractivity (Wildman–Crippen MR) is 87.9 cm³/mol. The lowest BCUT2D eigenvalue weighted by Gasteiger charge is -2.07. The Balaban J connectivity index is 1.52. The first kappa shape index (κ1) is 14.3. The number of carbonyl (C=O) groups excluding carboxylic acids is 1. The zero-order valence-corrected chi connectivity index (χ0v) is 12.6. The molecule has 0 saturated carbocycles. The molecule has 0 radical (unpaired) electrons. The number of pyridine rings is 1. The lowest BCUT2D eigenvalue weighted by atomic mass is 10.2. The topological polar surface area (TPSA) is 46.9 Å². The van der Waals surface area contributed by atoms with Crippen LogP contribution in [0.25, 0.3) is 10.9 Å². The first-order valence-electron chi connectivity index (χ1n) is 7.50. The summed E-state index contributed by atoms with van der Waals surface area (Å²) in [5.74, 6) is -0.110. The van der Waals surface area contributed by atoms with E-state index in [2.05, 4.69) is 39.3 Å². The fraction of sp³-hybridized carbons (Fsp3) is 0.222. The number of nitrogens with zero attached hydrogens (tertiary/aromatic N) is 2. The molecule has 0 bridgehead atoms. The van der Waals surface area contributed by atoms with Crippen LogP contribution in [-0.2, 0) is 6.54 Å². The SMILES string of the molecule is Cc1cccc(C(=O)NCCCn2ccc3ccccc32)n1. The second-order valence-corrected chi connectivity index (χ2v) is 5.34. The van der Waals surface area contributed by atoms with E-state index in [1.54, 1.807) is 6.07 Å². The van der Waals surface area contributed by atoms with Gasteiger partial charge in [-0.2, -0.15) is 0 Å². The molecule has 4 heteroatoms. The molecule has 0 aliphatic carbocycles. The zero-order chi connectivity index (χ0) is 15.4. The third kappa shape index (κ3) is 3.17. The van der Waals surface area contributed by atoms with Gasteiger partial charge in [0.1, 0.15) is 5.69 Å². The van der Waals surface area contributed by atoms with Crippen molar-refractivity contribution in [3.05, 3.63) is 66.1 Å². The number of hydrogen-bond donors (Lipinski definition) is 1. The number of aromatic nitrogens is 2. The fourth-order valence-electron chi connectivity index (χ4n) is 2.55. The van der Waals surface area contributed by atoms with Gasteiger partial charge in [0.2, 0.25) is 0 Å². The number of benzene rings is 1. The van der Waals surface area contributed by atoms with Gasteiger partial charge < -0.3 is 9.88 Å². The zero-order valence-electron chi connectivity index (χ0n) is 12.6. The highest BCUT2D eigenvalue weighted by atomic mass is 16.1. The smallest absolute Gasteiger partial charge is 0.269 e. The number of para-hydroxylation sites is 1. The monoisotopic (exact) mass is 293 g/mol. The van der Waals surface area contributed by atoms with Crippen LogP contribution in [-0.4, -0.2) is 22.0 Å². The Morgan fingerprint density at radius 2 is 2.00 bits per heavy atom. The van der Waals surface area contributed by atoms with Crippen LogP contribution in [0.3, 0.4) is 0 Å². The van der Waals surface area contributed by atoms with Crippen molar-refractivity contribution in [3.8, 4) is 0 Å². The molecule has 1 aromatic carbocycles. The average Bonchev–Trinajstić information content (AvgIpc) is 2.95. The van der Waals surface area contributed by atoms with E-state index in [1.807, 2.05) is 31.2 Å². The maximum absolute atomic E-state index is 12.0. The second kappa shape index (κ2) is 6.43. The molecule has 22 heavy (non-hydrogen) atoms. The molecule has 2 heterocycles. The number of aryl methyl sites for hydroxylation is 2. The van der Waals surface area contributed by atoms with Crippen molar-refractivity contribution in [2.75, 3.05) is 6.54 Å². The molecule has 0 fully saturated rings. The summed E-state index contributed by atoms with van der Waals surface area (Å²) in [6.45, 7) is 3.41. The Morgan fingerprint density at radius 3 is 2.86 bits per heavy atom. The van der Waals surface area contributed by atoms with Gasteiger partial charge in [-0.1, -0.05) is 24.3 Å². The van der Waals surface area contributed by atoms with Crippen LogP contribution < -0.4 is 5.32 Å². The van der Waals surface area contributed by atoms with Crippen LogP contribution in [0.15, 0.2) is 54.7 Å². The minimum atomic E-state index is -0.110. The minimum absolute atomic E-state index is 0.110. The van der Waals surface area contributed by atoms with Crippen LogP contribution in [0.1, 0.15) is 22.6 Å². The molecule has 2 aromatic heterocycles. The molecule has 4 nitrogen and oxygen atoms in total. The van der Waals surface area contributed by atoms with E-state index < -0.39 is 0 Å². The van der Waals surface area contributed by atoms with Gasteiger partial charge in [-0.15, -0.1) is 0 Å². The molecule has 3 rings (SSSR count). The Labute approximate surface area is 129 Å². The molecule has 0 aliphatic heterocycles. The summed E-state index contributed by atoms with van der Waals surface area (Å²) >= 11 is 0. The number of fused-ring (bicyclic) bond motifs is 1. The third-order valence-electron chi connectivity index (χ3n) is 3.66. The molecule has 0 aliphatic rings. The summed E-state index contributed by atoms with van der Waals surface area (Å²) in [6, 6.07) is 15.9. The molecule has 0 spiro atoms. The van der Waals surface area contributed by atoms with Crippen molar-refractivity contribution in [1.82, 2.24) is 14.9 Å². The van der Waals surface area contributed by atoms with E-state index in [9.17, 15) is 4.79 Å². The summed E-state index contributed by atoms with van der Waals surface area (Å²) in [4.78, 5) is 16.2. The van der Waals surface area contributed by atoms with E-state index in [0.717, 1.165) is 18.7 Å². The molecule has 0 atom stereocenters.